The van der Waals surface area contributed by atoms with Crippen molar-refractivity contribution in [1.82, 2.24) is 20.9 Å². The number of hydrogen-bond acceptors (Lipinski definition) is 5. The first-order chi connectivity index (χ1) is 15.7. The van der Waals surface area contributed by atoms with Crippen LogP contribution in [0.4, 0.5) is 0 Å². The molecule has 3 rings (SSSR count). The molecule has 0 spiro atoms. The summed E-state index contributed by atoms with van der Waals surface area (Å²) in [5, 5.41) is 9.42. The van der Waals surface area contributed by atoms with Crippen LogP contribution in [0.3, 0.4) is 0 Å². The van der Waals surface area contributed by atoms with Gasteiger partial charge < -0.3 is 25.4 Å². The number of carbonyl (C=O) groups excluding carboxylic acids is 1. The minimum absolute atomic E-state index is 0.147. The third kappa shape index (κ3) is 7.44. The van der Waals surface area contributed by atoms with Crippen LogP contribution in [0, 0.1) is 5.92 Å². The lowest BCUT2D eigenvalue weighted by atomic mass is 10.2. The van der Waals surface area contributed by atoms with Crippen molar-refractivity contribution in [3.05, 3.63) is 48.2 Å². The molecule has 0 atom stereocenters. The average molecular weight is 440 g/mol. The fourth-order valence-electron chi connectivity index (χ4n) is 2.97. The molecule has 2 aromatic rings. The van der Waals surface area contributed by atoms with Crippen molar-refractivity contribution in [3.63, 3.8) is 0 Å². The Balaban J connectivity index is 1.60. The van der Waals surface area contributed by atoms with Gasteiger partial charge in [-0.25, -0.2) is 9.98 Å². The number of rotatable bonds is 12. The smallest absolute Gasteiger partial charge is 0.224 e. The standard InChI is InChI=1S/C24H33N5O3/c1-3-16-31-20-9-5-6-10-21(20)32-23-19(8-7-13-27-23)17-29-24(25-4-2)28-15-14-26-22(30)18-11-12-18/h5-10,13,18H,3-4,11-12,14-17H2,1-2H3,(H,26,30)(H2,25,28,29). The van der Waals surface area contributed by atoms with E-state index in [1.807, 2.05) is 43.3 Å². The molecule has 1 aromatic heterocycles. The highest BCUT2D eigenvalue weighted by Gasteiger charge is 2.28. The summed E-state index contributed by atoms with van der Waals surface area (Å²) >= 11 is 0. The van der Waals surface area contributed by atoms with Crippen molar-refractivity contribution in [2.45, 2.75) is 39.7 Å². The molecule has 1 aliphatic carbocycles. The maximum absolute atomic E-state index is 11.7. The number of aromatic nitrogens is 1. The number of nitrogens with zero attached hydrogens (tertiary/aromatic N) is 2. The van der Waals surface area contributed by atoms with Crippen molar-refractivity contribution in [2.75, 3.05) is 26.2 Å². The average Bonchev–Trinajstić information content (AvgIpc) is 3.66. The number of amides is 1. The molecular weight excluding hydrogens is 406 g/mol. The Bertz CT molecular complexity index is 899. The first kappa shape index (κ1) is 23.4. The number of aliphatic imine (C=N–C) groups is 1. The zero-order chi connectivity index (χ0) is 22.6. The molecule has 0 bridgehead atoms. The third-order valence-electron chi connectivity index (χ3n) is 4.78. The lowest BCUT2D eigenvalue weighted by Gasteiger charge is -2.14. The molecule has 1 fully saturated rings. The van der Waals surface area contributed by atoms with Crippen LogP contribution >= 0.6 is 0 Å². The number of nitrogens with one attached hydrogen (secondary N) is 3. The van der Waals surface area contributed by atoms with Crippen LogP contribution < -0.4 is 25.4 Å². The lowest BCUT2D eigenvalue weighted by molar-refractivity contribution is -0.122. The van der Waals surface area contributed by atoms with Gasteiger partial charge in [0.15, 0.2) is 17.5 Å². The quantitative estimate of drug-likeness (QED) is 0.267. The van der Waals surface area contributed by atoms with Gasteiger partial charge in [0.2, 0.25) is 11.8 Å². The van der Waals surface area contributed by atoms with E-state index in [9.17, 15) is 4.79 Å². The molecule has 0 saturated heterocycles. The highest BCUT2D eigenvalue weighted by atomic mass is 16.5. The highest BCUT2D eigenvalue weighted by Crippen LogP contribution is 2.32. The van der Waals surface area contributed by atoms with E-state index in [-0.39, 0.29) is 11.8 Å². The van der Waals surface area contributed by atoms with E-state index in [1.54, 1.807) is 6.20 Å². The molecule has 0 unspecified atom stereocenters. The van der Waals surface area contributed by atoms with Crippen LogP contribution in [0.5, 0.6) is 17.4 Å². The SMILES string of the molecule is CCCOc1ccccc1Oc1ncccc1CN=C(NCC)NCCNC(=O)C1CC1. The fraction of sp³-hybridized carbons (Fsp3) is 0.458. The summed E-state index contributed by atoms with van der Waals surface area (Å²) in [7, 11) is 0. The first-order valence-electron chi connectivity index (χ1n) is 11.3. The number of para-hydroxylation sites is 2. The molecule has 1 saturated carbocycles. The van der Waals surface area contributed by atoms with E-state index < -0.39 is 0 Å². The fourth-order valence-corrected chi connectivity index (χ4v) is 2.97. The van der Waals surface area contributed by atoms with E-state index in [2.05, 4.69) is 32.9 Å². The maximum Gasteiger partial charge on any atom is 0.224 e. The molecule has 1 amide bonds. The van der Waals surface area contributed by atoms with Gasteiger partial charge in [-0.2, -0.15) is 0 Å². The Morgan fingerprint density at radius 2 is 1.84 bits per heavy atom. The maximum atomic E-state index is 11.7. The summed E-state index contributed by atoms with van der Waals surface area (Å²) in [5.74, 6) is 2.86. The summed E-state index contributed by atoms with van der Waals surface area (Å²) in [4.78, 5) is 20.8. The van der Waals surface area contributed by atoms with Crippen LogP contribution in [0.2, 0.25) is 0 Å². The topological polar surface area (TPSA) is 96.9 Å². The third-order valence-corrected chi connectivity index (χ3v) is 4.78. The van der Waals surface area contributed by atoms with Crippen LogP contribution in [-0.4, -0.2) is 43.1 Å². The van der Waals surface area contributed by atoms with Gasteiger partial charge in [0, 0.05) is 37.3 Å². The van der Waals surface area contributed by atoms with E-state index in [0.29, 0.717) is 49.6 Å². The van der Waals surface area contributed by atoms with E-state index in [4.69, 9.17) is 9.47 Å². The Hall–Kier alpha value is -3.29. The predicted molar refractivity (Wildman–Crippen MR) is 125 cm³/mol. The van der Waals surface area contributed by atoms with Crippen molar-refractivity contribution < 1.29 is 14.3 Å². The monoisotopic (exact) mass is 439 g/mol. The van der Waals surface area contributed by atoms with Gasteiger partial charge in [0.05, 0.1) is 13.2 Å². The summed E-state index contributed by atoms with van der Waals surface area (Å²) in [6.07, 6.45) is 4.63. The number of carbonyl (C=O) groups is 1. The van der Waals surface area contributed by atoms with Crippen molar-refractivity contribution in [1.29, 1.82) is 0 Å². The molecule has 1 heterocycles. The Kier molecular flexibility index (Phi) is 9.16. The van der Waals surface area contributed by atoms with Crippen LogP contribution in [0.25, 0.3) is 0 Å². The zero-order valence-electron chi connectivity index (χ0n) is 18.9. The second kappa shape index (κ2) is 12.5. The molecule has 32 heavy (non-hydrogen) atoms. The van der Waals surface area contributed by atoms with Gasteiger partial charge in [-0.15, -0.1) is 0 Å². The van der Waals surface area contributed by atoms with Gasteiger partial charge in [0.1, 0.15) is 0 Å². The minimum atomic E-state index is 0.147. The minimum Gasteiger partial charge on any atom is -0.490 e. The van der Waals surface area contributed by atoms with Crippen molar-refractivity contribution in [2.24, 2.45) is 10.9 Å². The molecule has 0 aliphatic heterocycles. The largest absolute Gasteiger partial charge is 0.490 e. The summed E-state index contributed by atoms with van der Waals surface area (Å²) in [6.45, 7) is 6.99. The van der Waals surface area contributed by atoms with E-state index >= 15 is 0 Å². The number of ether oxygens (including phenoxy) is 2. The van der Waals surface area contributed by atoms with Crippen LogP contribution in [0.1, 0.15) is 38.7 Å². The molecule has 8 nitrogen and oxygen atoms in total. The predicted octanol–water partition coefficient (Wildman–Crippen LogP) is 3.24. The molecule has 1 aliphatic rings. The van der Waals surface area contributed by atoms with Gasteiger partial charge in [-0.3, -0.25) is 4.79 Å². The molecule has 3 N–H and O–H groups in total. The van der Waals surface area contributed by atoms with Crippen LogP contribution in [-0.2, 0) is 11.3 Å². The molecule has 8 heteroatoms. The van der Waals surface area contributed by atoms with Crippen LogP contribution in [0.15, 0.2) is 47.6 Å². The van der Waals surface area contributed by atoms with Gasteiger partial charge >= 0.3 is 0 Å². The van der Waals surface area contributed by atoms with E-state index in [1.165, 1.54) is 0 Å². The van der Waals surface area contributed by atoms with Gasteiger partial charge in [-0.1, -0.05) is 25.1 Å². The molecule has 172 valence electrons. The Morgan fingerprint density at radius 1 is 1.06 bits per heavy atom. The zero-order valence-corrected chi connectivity index (χ0v) is 18.9. The van der Waals surface area contributed by atoms with E-state index in [0.717, 1.165) is 31.4 Å². The number of benzene rings is 1. The molecular formula is C24H33N5O3. The first-order valence-corrected chi connectivity index (χ1v) is 11.3. The summed E-state index contributed by atoms with van der Waals surface area (Å²) < 4.78 is 11.9. The van der Waals surface area contributed by atoms with Gasteiger partial charge in [-0.05, 0) is 44.4 Å². The van der Waals surface area contributed by atoms with Crippen molar-refractivity contribution in [3.8, 4) is 17.4 Å². The summed E-state index contributed by atoms with van der Waals surface area (Å²) in [6, 6.07) is 11.4. The number of hydrogen-bond donors (Lipinski definition) is 3. The lowest BCUT2D eigenvalue weighted by Crippen LogP contribution is -2.41. The second-order valence-electron chi connectivity index (χ2n) is 7.55. The summed E-state index contributed by atoms with van der Waals surface area (Å²) in [5.41, 5.74) is 0.858. The van der Waals surface area contributed by atoms with Gasteiger partial charge in [0.25, 0.3) is 0 Å². The molecule has 0 radical (unpaired) electrons. The Morgan fingerprint density at radius 3 is 2.59 bits per heavy atom. The number of pyridine rings is 1. The highest BCUT2D eigenvalue weighted by molar-refractivity contribution is 5.81. The van der Waals surface area contributed by atoms with Crippen molar-refractivity contribution >= 4 is 11.9 Å². The Labute approximate surface area is 189 Å². The molecule has 1 aromatic carbocycles. The second-order valence-corrected chi connectivity index (χ2v) is 7.55. The normalized spacial score (nSPS) is 13.4. The number of guanidine groups is 1.